The summed E-state index contributed by atoms with van der Waals surface area (Å²) in [6, 6.07) is 1.03. The molecule has 0 amide bonds. The largest absolute Gasteiger partial charge is 0.351 e. The highest BCUT2D eigenvalue weighted by Gasteiger charge is 2.24. The van der Waals surface area contributed by atoms with Crippen molar-refractivity contribution in [1.29, 1.82) is 0 Å². The molecule has 1 saturated heterocycles. The van der Waals surface area contributed by atoms with E-state index in [4.69, 9.17) is 5.84 Å². The minimum Gasteiger partial charge on any atom is -0.351 e. The standard InChI is InChI=1S/C11H16F2N4/c1-7-4-2-3-5-17(7)11-9(13)6-8(12)10(15-11)16-14/h6-7H,2-5,14H2,1H3,(H,15,16). The Hall–Kier alpha value is -1.43. The van der Waals surface area contributed by atoms with Gasteiger partial charge in [-0.05, 0) is 26.2 Å². The number of hydrazine groups is 1. The smallest absolute Gasteiger partial charge is 0.178 e. The molecule has 6 heteroatoms. The van der Waals surface area contributed by atoms with E-state index in [0.717, 1.165) is 31.9 Å². The van der Waals surface area contributed by atoms with Crippen LogP contribution in [0.25, 0.3) is 0 Å². The molecule has 3 N–H and O–H groups in total. The lowest BCUT2D eigenvalue weighted by Gasteiger charge is -2.34. The normalized spacial score (nSPS) is 20.5. The number of rotatable bonds is 2. The van der Waals surface area contributed by atoms with Crippen molar-refractivity contribution in [2.24, 2.45) is 5.84 Å². The first-order chi connectivity index (χ1) is 8.13. The Balaban J connectivity index is 2.36. The number of anilines is 2. The van der Waals surface area contributed by atoms with Crippen LogP contribution in [-0.4, -0.2) is 17.6 Å². The second-order valence-corrected chi connectivity index (χ2v) is 4.31. The predicted molar refractivity (Wildman–Crippen MR) is 62.6 cm³/mol. The number of aromatic nitrogens is 1. The molecule has 4 nitrogen and oxygen atoms in total. The average molecular weight is 242 g/mol. The Bertz CT molecular complexity index is 411. The van der Waals surface area contributed by atoms with Crippen LogP contribution >= 0.6 is 0 Å². The minimum atomic E-state index is -0.779. The van der Waals surface area contributed by atoms with E-state index in [-0.39, 0.29) is 17.7 Å². The van der Waals surface area contributed by atoms with Crippen LogP contribution in [0.15, 0.2) is 6.07 Å². The molecule has 1 aromatic heterocycles. The first-order valence-electron chi connectivity index (χ1n) is 5.72. The summed E-state index contributed by atoms with van der Waals surface area (Å²) in [5.74, 6) is 3.76. The van der Waals surface area contributed by atoms with E-state index in [9.17, 15) is 8.78 Å². The van der Waals surface area contributed by atoms with Crippen LogP contribution in [0, 0.1) is 11.6 Å². The molecule has 2 rings (SSSR count). The molecule has 1 fully saturated rings. The van der Waals surface area contributed by atoms with Crippen molar-refractivity contribution in [1.82, 2.24) is 4.98 Å². The Kier molecular flexibility index (Phi) is 3.42. The monoisotopic (exact) mass is 242 g/mol. The molecule has 1 aromatic rings. The van der Waals surface area contributed by atoms with Gasteiger partial charge in [0, 0.05) is 18.7 Å². The second-order valence-electron chi connectivity index (χ2n) is 4.31. The summed E-state index contributed by atoms with van der Waals surface area (Å²) >= 11 is 0. The van der Waals surface area contributed by atoms with Gasteiger partial charge in [-0.1, -0.05) is 0 Å². The minimum absolute atomic E-state index is 0.126. The number of nitrogens with zero attached hydrogens (tertiary/aromatic N) is 2. The molecule has 94 valence electrons. The molecule has 0 saturated carbocycles. The van der Waals surface area contributed by atoms with Gasteiger partial charge in [-0.15, -0.1) is 0 Å². The lowest BCUT2D eigenvalue weighted by atomic mass is 10.0. The van der Waals surface area contributed by atoms with Gasteiger partial charge in [0.1, 0.15) is 0 Å². The number of nitrogens with two attached hydrogens (primary N) is 1. The van der Waals surface area contributed by atoms with Crippen LogP contribution in [0.3, 0.4) is 0 Å². The molecule has 2 heterocycles. The third-order valence-corrected chi connectivity index (χ3v) is 3.12. The molecule has 0 bridgehead atoms. The Labute approximate surface area is 98.8 Å². The maximum Gasteiger partial charge on any atom is 0.178 e. The maximum absolute atomic E-state index is 13.7. The van der Waals surface area contributed by atoms with Gasteiger partial charge in [-0.25, -0.2) is 19.6 Å². The van der Waals surface area contributed by atoms with Crippen molar-refractivity contribution in [3.8, 4) is 0 Å². The Morgan fingerprint density at radius 2 is 2.18 bits per heavy atom. The van der Waals surface area contributed by atoms with Gasteiger partial charge < -0.3 is 10.3 Å². The van der Waals surface area contributed by atoms with E-state index in [1.165, 1.54) is 0 Å². The molecule has 1 aliphatic heterocycles. The van der Waals surface area contributed by atoms with E-state index in [1.54, 1.807) is 0 Å². The lowest BCUT2D eigenvalue weighted by Crippen LogP contribution is -2.38. The summed E-state index contributed by atoms with van der Waals surface area (Å²) in [6.07, 6.45) is 3.11. The Morgan fingerprint density at radius 1 is 1.41 bits per heavy atom. The fourth-order valence-corrected chi connectivity index (χ4v) is 2.17. The zero-order chi connectivity index (χ0) is 12.4. The third-order valence-electron chi connectivity index (χ3n) is 3.12. The predicted octanol–water partition coefficient (Wildman–Crippen LogP) is 2.02. The number of halogens is 2. The summed E-state index contributed by atoms with van der Waals surface area (Å²) in [5, 5.41) is 0. The van der Waals surface area contributed by atoms with Crippen molar-refractivity contribution in [3.63, 3.8) is 0 Å². The van der Waals surface area contributed by atoms with Crippen molar-refractivity contribution in [3.05, 3.63) is 17.7 Å². The molecular weight excluding hydrogens is 226 g/mol. The molecule has 0 radical (unpaired) electrons. The van der Waals surface area contributed by atoms with Gasteiger partial charge >= 0.3 is 0 Å². The van der Waals surface area contributed by atoms with E-state index < -0.39 is 11.6 Å². The van der Waals surface area contributed by atoms with E-state index >= 15 is 0 Å². The number of hydrogen-bond donors (Lipinski definition) is 2. The van der Waals surface area contributed by atoms with Crippen molar-refractivity contribution < 1.29 is 8.78 Å². The highest BCUT2D eigenvalue weighted by atomic mass is 19.1. The number of hydrogen-bond acceptors (Lipinski definition) is 4. The average Bonchev–Trinajstić information content (AvgIpc) is 2.31. The summed E-state index contributed by atoms with van der Waals surface area (Å²) in [5.41, 5.74) is 2.14. The summed E-state index contributed by atoms with van der Waals surface area (Å²) < 4.78 is 26.9. The van der Waals surface area contributed by atoms with Crippen molar-refractivity contribution >= 4 is 11.6 Å². The summed E-state index contributed by atoms with van der Waals surface area (Å²) in [6.45, 7) is 2.75. The summed E-state index contributed by atoms with van der Waals surface area (Å²) in [7, 11) is 0. The first kappa shape index (κ1) is 12.0. The number of piperidine rings is 1. The molecular formula is C11H16F2N4. The van der Waals surface area contributed by atoms with Gasteiger partial charge in [0.2, 0.25) is 0 Å². The highest BCUT2D eigenvalue weighted by Crippen LogP contribution is 2.27. The Morgan fingerprint density at radius 3 is 2.82 bits per heavy atom. The number of nitrogen functional groups attached to an aromatic ring is 1. The van der Waals surface area contributed by atoms with Gasteiger partial charge in [0.25, 0.3) is 0 Å². The van der Waals surface area contributed by atoms with Crippen molar-refractivity contribution in [2.75, 3.05) is 16.9 Å². The van der Waals surface area contributed by atoms with Gasteiger partial charge in [0.05, 0.1) is 0 Å². The van der Waals surface area contributed by atoms with Gasteiger partial charge in [-0.2, -0.15) is 0 Å². The molecule has 1 unspecified atom stereocenters. The van der Waals surface area contributed by atoms with Crippen LogP contribution in [0.4, 0.5) is 20.4 Å². The highest BCUT2D eigenvalue weighted by molar-refractivity contribution is 5.49. The molecule has 0 spiro atoms. The second kappa shape index (κ2) is 4.83. The number of nitrogens with one attached hydrogen (secondary N) is 1. The number of pyridine rings is 1. The molecule has 17 heavy (non-hydrogen) atoms. The van der Waals surface area contributed by atoms with Crippen LogP contribution in [0.5, 0.6) is 0 Å². The van der Waals surface area contributed by atoms with Gasteiger partial charge in [-0.3, -0.25) is 0 Å². The molecule has 0 aromatic carbocycles. The van der Waals surface area contributed by atoms with Crippen LogP contribution in [-0.2, 0) is 0 Å². The maximum atomic E-state index is 13.7. The SMILES string of the molecule is CC1CCCCN1c1nc(NN)c(F)cc1F. The quantitative estimate of drug-likeness (QED) is 0.615. The summed E-state index contributed by atoms with van der Waals surface area (Å²) in [4.78, 5) is 5.76. The zero-order valence-electron chi connectivity index (χ0n) is 9.71. The molecule has 1 aliphatic rings. The van der Waals surface area contributed by atoms with Gasteiger partial charge in [0.15, 0.2) is 23.3 Å². The van der Waals surface area contributed by atoms with E-state index in [0.29, 0.717) is 0 Å². The molecule has 0 aliphatic carbocycles. The third kappa shape index (κ3) is 2.31. The van der Waals surface area contributed by atoms with Crippen molar-refractivity contribution in [2.45, 2.75) is 32.2 Å². The fourth-order valence-electron chi connectivity index (χ4n) is 2.17. The van der Waals surface area contributed by atoms with E-state index in [2.05, 4.69) is 10.4 Å². The van der Waals surface area contributed by atoms with Crippen LogP contribution in [0.2, 0.25) is 0 Å². The fraction of sp³-hybridized carbons (Fsp3) is 0.545. The van der Waals surface area contributed by atoms with Crippen LogP contribution < -0.4 is 16.2 Å². The zero-order valence-corrected chi connectivity index (χ0v) is 9.71. The first-order valence-corrected chi connectivity index (χ1v) is 5.72. The van der Waals surface area contributed by atoms with Crippen LogP contribution in [0.1, 0.15) is 26.2 Å². The lowest BCUT2D eigenvalue weighted by molar-refractivity contribution is 0.468. The van der Waals surface area contributed by atoms with E-state index in [1.807, 2.05) is 11.8 Å². The molecule has 1 atom stereocenters. The topological polar surface area (TPSA) is 54.2 Å².